The minimum atomic E-state index is -0.0387. The van der Waals surface area contributed by atoms with Crippen LogP contribution < -0.4 is 10.6 Å². The van der Waals surface area contributed by atoms with Gasteiger partial charge in [0.05, 0.1) is 0 Å². The normalized spacial score (nSPS) is 11.3. The van der Waals surface area contributed by atoms with Crippen LogP contribution in [0.25, 0.3) is 0 Å². The first-order valence-corrected chi connectivity index (χ1v) is 6.44. The molecule has 1 amide bonds. The Hall–Kier alpha value is -1.35. The third kappa shape index (κ3) is 4.49. The van der Waals surface area contributed by atoms with Crippen LogP contribution in [0, 0.1) is 6.92 Å². The van der Waals surface area contributed by atoms with Crippen molar-refractivity contribution in [3.05, 3.63) is 35.4 Å². The van der Waals surface area contributed by atoms with Gasteiger partial charge < -0.3 is 10.6 Å². The fourth-order valence-electron chi connectivity index (χ4n) is 1.75. The Kier molecular flexibility index (Phi) is 5.35. The quantitative estimate of drug-likeness (QED) is 0.808. The molecule has 1 aromatic rings. The summed E-state index contributed by atoms with van der Waals surface area (Å²) in [4.78, 5) is 11.6. The summed E-state index contributed by atoms with van der Waals surface area (Å²) in [6.45, 7) is 7.76. The molecule has 0 radical (unpaired) electrons. The second-order valence-electron chi connectivity index (χ2n) is 5.38. The van der Waals surface area contributed by atoms with Crippen LogP contribution in [0.1, 0.15) is 31.4 Å². The van der Waals surface area contributed by atoms with Gasteiger partial charge in [-0.1, -0.05) is 43.7 Å². The smallest absolute Gasteiger partial charge is 0.221 e. The average Bonchev–Trinajstić information content (AvgIpc) is 2.34. The van der Waals surface area contributed by atoms with Crippen LogP contribution in [-0.2, 0) is 10.2 Å². The van der Waals surface area contributed by atoms with Crippen molar-refractivity contribution in [1.29, 1.82) is 0 Å². The Morgan fingerprint density at radius 3 is 2.39 bits per heavy atom. The molecule has 0 aromatic heterocycles. The molecule has 0 saturated heterocycles. The van der Waals surface area contributed by atoms with E-state index in [0.717, 1.165) is 6.54 Å². The van der Waals surface area contributed by atoms with Gasteiger partial charge in [0.1, 0.15) is 0 Å². The maximum Gasteiger partial charge on any atom is 0.221 e. The van der Waals surface area contributed by atoms with Gasteiger partial charge in [-0.2, -0.15) is 0 Å². The second kappa shape index (κ2) is 6.55. The van der Waals surface area contributed by atoms with Gasteiger partial charge in [0.15, 0.2) is 0 Å². The summed E-state index contributed by atoms with van der Waals surface area (Å²) in [5.41, 5.74) is 2.47. The third-order valence-electron chi connectivity index (χ3n) is 3.16. The first kappa shape index (κ1) is 14.7. The number of rotatable bonds is 6. The van der Waals surface area contributed by atoms with Gasteiger partial charge in [0.2, 0.25) is 5.91 Å². The van der Waals surface area contributed by atoms with Crippen LogP contribution in [0.4, 0.5) is 0 Å². The van der Waals surface area contributed by atoms with Crippen molar-refractivity contribution in [2.45, 2.75) is 32.6 Å². The van der Waals surface area contributed by atoms with E-state index >= 15 is 0 Å². The van der Waals surface area contributed by atoms with Gasteiger partial charge in [-0.3, -0.25) is 4.79 Å². The van der Waals surface area contributed by atoms with Gasteiger partial charge in [-0.15, -0.1) is 0 Å². The Morgan fingerprint density at radius 1 is 1.22 bits per heavy atom. The monoisotopic (exact) mass is 248 g/mol. The lowest BCUT2D eigenvalue weighted by molar-refractivity contribution is -0.121. The first-order valence-electron chi connectivity index (χ1n) is 6.44. The number of nitrogens with one attached hydrogen (secondary N) is 2. The Bertz CT molecular complexity index is 382. The van der Waals surface area contributed by atoms with Crippen molar-refractivity contribution in [2.75, 3.05) is 20.1 Å². The zero-order chi connectivity index (χ0) is 13.6. The highest BCUT2D eigenvalue weighted by atomic mass is 16.1. The molecule has 3 heteroatoms. The fraction of sp³-hybridized carbons (Fsp3) is 0.533. The molecule has 2 N–H and O–H groups in total. The maximum atomic E-state index is 11.6. The summed E-state index contributed by atoms with van der Waals surface area (Å²) >= 11 is 0. The molecule has 0 aliphatic heterocycles. The molecule has 0 heterocycles. The molecule has 1 aromatic carbocycles. The second-order valence-corrected chi connectivity index (χ2v) is 5.38. The minimum absolute atomic E-state index is 0.0387. The summed E-state index contributed by atoms with van der Waals surface area (Å²) in [7, 11) is 1.85. The van der Waals surface area contributed by atoms with Crippen molar-refractivity contribution in [3.63, 3.8) is 0 Å². The highest BCUT2D eigenvalue weighted by molar-refractivity contribution is 5.76. The molecule has 0 unspecified atom stereocenters. The number of amides is 1. The molecule has 0 bridgehead atoms. The topological polar surface area (TPSA) is 41.1 Å². The molecule has 0 aliphatic carbocycles. The van der Waals surface area contributed by atoms with Crippen LogP contribution in [0.5, 0.6) is 0 Å². The van der Waals surface area contributed by atoms with Crippen LogP contribution >= 0.6 is 0 Å². The molecule has 0 fully saturated rings. The molecular formula is C15H24N2O. The lowest BCUT2D eigenvalue weighted by Crippen LogP contribution is -2.37. The number of hydrogen-bond acceptors (Lipinski definition) is 2. The van der Waals surface area contributed by atoms with E-state index in [1.807, 2.05) is 7.05 Å². The number of benzene rings is 1. The van der Waals surface area contributed by atoms with Crippen LogP contribution in [0.3, 0.4) is 0 Å². The predicted molar refractivity (Wildman–Crippen MR) is 75.8 cm³/mol. The Morgan fingerprint density at radius 2 is 1.83 bits per heavy atom. The van der Waals surface area contributed by atoms with Crippen LogP contribution in [0.15, 0.2) is 24.3 Å². The van der Waals surface area contributed by atoms with Crippen molar-refractivity contribution in [3.8, 4) is 0 Å². The van der Waals surface area contributed by atoms with E-state index in [4.69, 9.17) is 0 Å². The van der Waals surface area contributed by atoms with Gasteiger partial charge in [0.25, 0.3) is 0 Å². The van der Waals surface area contributed by atoms with E-state index in [1.54, 1.807) is 0 Å². The summed E-state index contributed by atoms with van der Waals surface area (Å²) in [6.07, 6.45) is 0.528. The van der Waals surface area contributed by atoms with Gasteiger partial charge in [0, 0.05) is 24.9 Å². The maximum absolute atomic E-state index is 11.6. The lowest BCUT2D eigenvalue weighted by atomic mass is 9.84. The average molecular weight is 248 g/mol. The van der Waals surface area contributed by atoms with E-state index in [1.165, 1.54) is 11.1 Å². The SMILES string of the molecule is CNCCC(=O)NCC(C)(C)c1ccc(C)cc1. The highest BCUT2D eigenvalue weighted by Gasteiger charge is 2.20. The molecule has 100 valence electrons. The summed E-state index contributed by atoms with van der Waals surface area (Å²) in [5, 5.41) is 5.96. The molecular weight excluding hydrogens is 224 g/mol. The van der Waals surface area contributed by atoms with Crippen molar-refractivity contribution in [2.24, 2.45) is 0 Å². The standard InChI is InChI=1S/C15H24N2O/c1-12-5-7-13(8-6-12)15(2,3)11-17-14(18)9-10-16-4/h5-8,16H,9-11H2,1-4H3,(H,17,18). The number of aryl methyl sites for hydroxylation is 1. The number of carbonyl (C=O) groups is 1. The zero-order valence-electron chi connectivity index (χ0n) is 11.8. The summed E-state index contributed by atoms with van der Waals surface area (Å²) in [5.74, 6) is 0.101. The first-order chi connectivity index (χ1) is 8.45. The molecule has 1 rings (SSSR count). The van der Waals surface area contributed by atoms with Gasteiger partial charge in [-0.25, -0.2) is 0 Å². The summed E-state index contributed by atoms with van der Waals surface area (Å²) < 4.78 is 0. The lowest BCUT2D eigenvalue weighted by Gasteiger charge is -2.26. The fourth-order valence-corrected chi connectivity index (χ4v) is 1.75. The van der Waals surface area contributed by atoms with E-state index in [9.17, 15) is 4.79 Å². The molecule has 0 spiro atoms. The molecule has 3 nitrogen and oxygen atoms in total. The van der Waals surface area contributed by atoms with E-state index in [0.29, 0.717) is 13.0 Å². The summed E-state index contributed by atoms with van der Waals surface area (Å²) in [6, 6.07) is 8.49. The Balaban J connectivity index is 2.54. The van der Waals surface area contributed by atoms with E-state index in [-0.39, 0.29) is 11.3 Å². The van der Waals surface area contributed by atoms with Crippen molar-refractivity contribution >= 4 is 5.91 Å². The third-order valence-corrected chi connectivity index (χ3v) is 3.16. The molecule has 0 atom stereocenters. The van der Waals surface area contributed by atoms with Crippen LogP contribution in [0.2, 0.25) is 0 Å². The number of hydrogen-bond donors (Lipinski definition) is 2. The van der Waals surface area contributed by atoms with Gasteiger partial charge in [-0.05, 0) is 19.5 Å². The molecule has 0 saturated carbocycles. The number of carbonyl (C=O) groups excluding carboxylic acids is 1. The molecule has 0 aliphatic rings. The van der Waals surface area contributed by atoms with Gasteiger partial charge >= 0.3 is 0 Å². The zero-order valence-corrected chi connectivity index (χ0v) is 11.8. The van der Waals surface area contributed by atoms with Crippen molar-refractivity contribution in [1.82, 2.24) is 10.6 Å². The highest BCUT2D eigenvalue weighted by Crippen LogP contribution is 2.22. The van der Waals surface area contributed by atoms with E-state index in [2.05, 4.69) is 55.7 Å². The predicted octanol–water partition coefficient (Wildman–Crippen LogP) is 2.00. The van der Waals surface area contributed by atoms with Crippen LogP contribution in [-0.4, -0.2) is 26.0 Å². The van der Waals surface area contributed by atoms with Crippen molar-refractivity contribution < 1.29 is 4.79 Å². The minimum Gasteiger partial charge on any atom is -0.355 e. The Labute approximate surface area is 110 Å². The largest absolute Gasteiger partial charge is 0.355 e. The molecule has 18 heavy (non-hydrogen) atoms. The van der Waals surface area contributed by atoms with E-state index < -0.39 is 0 Å².